The van der Waals surface area contributed by atoms with E-state index in [2.05, 4.69) is 53.5 Å². The van der Waals surface area contributed by atoms with Crippen LogP contribution in [0.3, 0.4) is 0 Å². The Balaban J connectivity index is 1.62. The summed E-state index contributed by atoms with van der Waals surface area (Å²) in [6, 6.07) is 10.6. The van der Waals surface area contributed by atoms with Crippen LogP contribution in [-0.2, 0) is 11.2 Å². The molecule has 2 heteroatoms. The zero-order valence-electron chi connectivity index (χ0n) is 11.3. The van der Waals surface area contributed by atoms with E-state index in [0.29, 0.717) is 6.10 Å². The van der Waals surface area contributed by atoms with Gasteiger partial charge in [0, 0.05) is 25.2 Å². The average molecular weight is 255 g/mol. The maximum atomic E-state index is 5.91. The SMILES string of the molecule is C1=CC(N2CCO[C@@H](Cc3ccccc3)C2)=CCC1. The number of ether oxygens (including phenoxy) is 1. The van der Waals surface area contributed by atoms with Gasteiger partial charge in [-0.3, -0.25) is 0 Å². The topological polar surface area (TPSA) is 12.5 Å². The van der Waals surface area contributed by atoms with E-state index in [1.165, 1.54) is 24.1 Å². The van der Waals surface area contributed by atoms with Crippen LogP contribution in [0.2, 0.25) is 0 Å². The molecule has 1 saturated heterocycles. The van der Waals surface area contributed by atoms with Crippen LogP contribution in [0.5, 0.6) is 0 Å². The minimum Gasteiger partial charge on any atom is -0.374 e. The highest BCUT2D eigenvalue weighted by atomic mass is 16.5. The second-order valence-electron chi connectivity index (χ2n) is 5.24. The van der Waals surface area contributed by atoms with Gasteiger partial charge in [0.2, 0.25) is 0 Å². The summed E-state index contributed by atoms with van der Waals surface area (Å²) in [5.74, 6) is 0. The molecule has 1 fully saturated rings. The van der Waals surface area contributed by atoms with Gasteiger partial charge in [-0.15, -0.1) is 0 Å². The average Bonchev–Trinajstić information content (AvgIpc) is 2.49. The van der Waals surface area contributed by atoms with Crippen molar-refractivity contribution in [3.05, 3.63) is 59.8 Å². The first-order chi connectivity index (χ1) is 9.42. The zero-order valence-corrected chi connectivity index (χ0v) is 11.3. The van der Waals surface area contributed by atoms with Crippen molar-refractivity contribution in [2.75, 3.05) is 19.7 Å². The summed E-state index contributed by atoms with van der Waals surface area (Å²) in [5.41, 5.74) is 2.75. The van der Waals surface area contributed by atoms with Gasteiger partial charge in [-0.1, -0.05) is 42.5 Å². The molecule has 1 heterocycles. The van der Waals surface area contributed by atoms with E-state index >= 15 is 0 Å². The van der Waals surface area contributed by atoms with E-state index in [1.807, 2.05) is 0 Å². The molecule has 19 heavy (non-hydrogen) atoms. The number of nitrogens with zero attached hydrogens (tertiary/aromatic N) is 1. The number of morpholine rings is 1. The Morgan fingerprint density at radius 2 is 2.05 bits per heavy atom. The summed E-state index contributed by atoms with van der Waals surface area (Å²) in [7, 11) is 0. The summed E-state index contributed by atoms with van der Waals surface area (Å²) < 4.78 is 5.91. The van der Waals surface area contributed by atoms with Crippen LogP contribution in [-0.4, -0.2) is 30.7 Å². The van der Waals surface area contributed by atoms with Crippen LogP contribution < -0.4 is 0 Å². The lowest BCUT2D eigenvalue weighted by Gasteiger charge is -2.36. The fraction of sp³-hybridized carbons (Fsp3) is 0.412. The summed E-state index contributed by atoms with van der Waals surface area (Å²) in [5, 5.41) is 0. The van der Waals surface area contributed by atoms with Gasteiger partial charge in [-0.05, 0) is 24.5 Å². The summed E-state index contributed by atoms with van der Waals surface area (Å²) in [4.78, 5) is 2.47. The summed E-state index contributed by atoms with van der Waals surface area (Å²) >= 11 is 0. The molecule has 1 aromatic carbocycles. The van der Waals surface area contributed by atoms with Crippen molar-refractivity contribution in [2.24, 2.45) is 0 Å². The Hall–Kier alpha value is -1.54. The van der Waals surface area contributed by atoms with Crippen LogP contribution >= 0.6 is 0 Å². The van der Waals surface area contributed by atoms with Gasteiger partial charge in [-0.25, -0.2) is 0 Å². The molecule has 2 aliphatic rings. The van der Waals surface area contributed by atoms with Crippen LogP contribution in [0.15, 0.2) is 54.3 Å². The van der Waals surface area contributed by atoms with E-state index in [0.717, 1.165) is 26.1 Å². The zero-order chi connectivity index (χ0) is 12.9. The Labute approximate surface area is 115 Å². The molecule has 1 aliphatic carbocycles. The molecule has 0 saturated carbocycles. The third-order valence-electron chi connectivity index (χ3n) is 3.79. The Morgan fingerprint density at radius 3 is 2.84 bits per heavy atom. The second-order valence-corrected chi connectivity index (χ2v) is 5.24. The van der Waals surface area contributed by atoms with Gasteiger partial charge in [0.05, 0.1) is 12.7 Å². The van der Waals surface area contributed by atoms with Crippen LogP contribution in [0, 0.1) is 0 Å². The molecule has 0 bridgehead atoms. The van der Waals surface area contributed by atoms with Crippen molar-refractivity contribution in [2.45, 2.75) is 25.4 Å². The lowest BCUT2D eigenvalue weighted by Crippen LogP contribution is -2.42. The summed E-state index contributed by atoms with van der Waals surface area (Å²) in [6.45, 7) is 2.86. The first-order valence-corrected chi connectivity index (χ1v) is 7.19. The van der Waals surface area contributed by atoms with Crippen molar-refractivity contribution in [1.82, 2.24) is 4.90 Å². The molecule has 3 rings (SSSR count). The quantitative estimate of drug-likeness (QED) is 0.822. The molecule has 0 aromatic heterocycles. The monoisotopic (exact) mass is 255 g/mol. The number of hydrogen-bond donors (Lipinski definition) is 0. The lowest BCUT2D eigenvalue weighted by atomic mass is 10.1. The Bertz CT molecular complexity index is 463. The first-order valence-electron chi connectivity index (χ1n) is 7.19. The van der Waals surface area contributed by atoms with Crippen molar-refractivity contribution in [3.63, 3.8) is 0 Å². The molecule has 1 aromatic rings. The molecular weight excluding hydrogens is 234 g/mol. The minimum atomic E-state index is 0.312. The van der Waals surface area contributed by atoms with Gasteiger partial charge >= 0.3 is 0 Å². The number of benzene rings is 1. The van der Waals surface area contributed by atoms with Gasteiger partial charge in [-0.2, -0.15) is 0 Å². The van der Waals surface area contributed by atoms with E-state index in [4.69, 9.17) is 4.74 Å². The molecule has 0 unspecified atom stereocenters. The van der Waals surface area contributed by atoms with Crippen LogP contribution in [0.25, 0.3) is 0 Å². The van der Waals surface area contributed by atoms with Gasteiger partial charge in [0.15, 0.2) is 0 Å². The molecule has 1 aliphatic heterocycles. The number of allylic oxidation sites excluding steroid dienone is 3. The van der Waals surface area contributed by atoms with Crippen LogP contribution in [0.1, 0.15) is 18.4 Å². The Kier molecular flexibility index (Phi) is 3.99. The van der Waals surface area contributed by atoms with Gasteiger partial charge in [0.25, 0.3) is 0 Å². The molecule has 0 amide bonds. The lowest BCUT2D eigenvalue weighted by molar-refractivity contribution is -0.0147. The molecular formula is C17H21NO. The van der Waals surface area contributed by atoms with Crippen molar-refractivity contribution >= 4 is 0 Å². The van der Waals surface area contributed by atoms with Crippen LogP contribution in [0.4, 0.5) is 0 Å². The third kappa shape index (κ3) is 3.27. The highest BCUT2D eigenvalue weighted by molar-refractivity contribution is 5.22. The molecule has 100 valence electrons. The second kappa shape index (κ2) is 6.07. The van der Waals surface area contributed by atoms with E-state index in [9.17, 15) is 0 Å². The standard InChI is InChI=1S/C17H21NO/c1-3-7-15(8-4-1)13-17-14-18(11-12-19-17)16-9-5-2-6-10-16/h1,3-5,7-10,17H,2,6,11-14H2/t17-/m0/s1. The fourth-order valence-electron chi connectivity index (χ4n) is 2.79. The Morgan fingerprint density at radius 1 is 1.16 bits per heavy atom. The van der Waals surface area contributed by atoms with Crippen molar-refractivity contribution < 1.29 is 4.74 Å². The first kappa shape index (κ1) is 12.5. The summed E-state index contributed by atoms with van der Waals surface area (Å²) in [6.07, 6.45) is 10.6. The largest absolute Gasteiger partial charge is 0.374 e. The molecule has 1 atom stereocenters. The highest BCUT2D eigenvalue weighted by Crippen LogP contribution is 2.19. The smallest absolute Gasteiger partial charge is 0.0791 e. The molecule has 0 spiro atoms. The maximum Gasteiger partial charge on any atom is 0.0791 e. The molecule has 0 N–H and O–H groups in total. The van der Waals surface area contributed by atoms with E-state index in [1.54, 1.807) is 0 Å². The van der Waals surface area contributed by atoms with Crippen molar-refractivity contribution in [3.8, 4) is 0 Å². The van der Waals surface area contributed by atoms with E-state index < -0.39 is 0 Å². The normalized spacial score (nSPS) is 23.3. The maximum absolute atomic E-state index is 5.91. The number of hydrogen-bond acceptors (Lipinski definition) is 2. The van der Waals surface area contributed by atoms with Gasteiger partial charge in [0.1, 0.15) is 0 Å². The predicted molar refractivity (Wildman–Crippen MR) is 77.9 cm³/mol. The molecule has 2 nitrogen and oxygen atoms in total. The van der Waals surface area contributed by atoms with Crippen molar-refractivity contribution in [1.29, 1.82) is 0 Å². The van der Waals surface area contributed by atoms with E-state index in [-0.39, 0.29) is 0 Å². The van der Waals surface area contributed by atoms with Gasteiger partial charge < -0.3 is 9.64 Å². The minimum absolute atomic E-state index is 0.312. The number of rotatable bonds is 3. The molecule has 0 radical (unpaired) electrons. The predicted octanol–water partition coefficient (Wildman–Crippen LogP) is 3.16. The third-order valence-corrected chi connectivity index (χ3v) is 3.79. The highest BCUT2D eigenvalue weighted by Gasteiger charge is 2.21. The fourth-order valence-corrected chi connectivity index (χ4v) is 2.79.